The van der Waals surface area contributed by atoms with Crippen LogP contribution in [-0.2, 0) is 5.41 Å². The lowest BCUT2D eigenvalue weighted by Crippen LogP contribution is -2.14. The molecule has 8 rings (SSSR count). The molecule has 3 nitrogen and oxygen atoms in total. The maximum atomic E-state index is 5.20. The van der Waals surface area contributed by atoms with Crippen molar-refractivity contribution in [3.63, 3.8) is 0 Å². The lowest BCUT2D eigenvalue weighted by Gasteiger charge is -2.21. The fourth-order valence-corrected chi connectivity index (χ4v) is 6.57. The molecule has 7 aromatic rings. The van der Waals surface area contributed by atoms with E-state index in [1.807, 2.05) is 30.5 Å². The first-order valence-electron chi connectivity index (χ1n) is 15.4. The number of aromatic nitrogens is 3. The minimum absolute atomic E-state index is 0.0420. The highest BCUT2D eigenvalue weighted by Crippen LogP contribution is 2.49. The Morgan fingerprint density at radius 1 is 0.400 bits per heavy atom. The van der Waals surface area contributed by atoms with Crippen LogP contribution >= 0.6 is 0 Å². The zero-order valence-corrected chi connectivity index (χ0v) is 25.3. The van der Waals surface area contributed by atoms with Crippen molar-refractivity contribution in [1.82, 2.24) is 15.0 Å². The van der Waals surface area contributed by atoms with Crippen molar-refractivity contribution >= 4 is 0 Å². The fraction of sp³-hybridized carbons (Fsp3) is 0.0714. The van der Waals surface area contributed by atoms with Crippen LogP contribution in [0.25, 0.3) is 67.4 Å². The summed E-state index contributed by atoms with van der Waals surface area (Å²) in [5.41, 5.74) is 14.5. The molecule has 0 aliphatic heterocycles. The molecule has 0 N–H and O–H groups in total. The molecule has 1 aliphatic carbocycles. The summed E-state index contributed by atoms with van der Waals surface area (Å²) >= 11 is 0. The molecule has 2 heterocycles. The third-order valence-electron chi connectivity index (χ3n) is 8.97. The summed E-state index contributed by atoms with van der Waals surface area (Å²) in [7, 11) is 0. The molecule has 0 saturated heterocycles. The summed E-state index contributed by atoms with van der Waals surface area (Å²) in [6.07, 6.45) is 1.83. The largest absolute Gasteiger partial charge is 0.256 e. The number of pyridine rings is 1. The van der Waals surface area contributed by atoms with Gasteiger partial charge in [0.15, 0.2) is 5.82 Å². The third kappa shape index (κ3) is 4.83. The average Bonchev–Trinajstić information content (AvgIpc) is 3.34. The summed E-state index contributed by atoms with van der Waals surface area (Å²) < 4.78 is 0. The van der Waals surface area contributed by atoms with Crippen LogP contribution in [0.3, 0.4) is 0 Å². The lowest BCUT2D eigenvalue weighted by atomic mass is 9.82. The number of hydrogen-bond donors (Lipinski definition) is 0. The second-order valence-corrected chi connectivity index (χ2v) is 12.1. The van der Waals surface area contributed by atoms with Crippen molar-refractivity contribution in [2.75, 3.05) is 0 Å². The summed E-state index contributed by atoms with van der Waals surface area (Å²) in [6, 6.07) is 51.1. The predicted octanol–water partition coefficient (Wildman–Crippen LogP) is 10.5. The Kier molecular flexibility index (Phi) is 6.46. The molecule has 0 bridgehead atoms. The van der Waals surface area contributed by atoms with Crippen molar-refractivity contribution in [1.29, 1.82) is 0 Å². The number of fused-ring (bicyclic) bond motifs is 3. The fourth-order valence-electron chi connectivity index (χ4n) is 6.57. The summed E-state index contributed by atoms with van der Waals surface area (Å²) in [5.74, 6) is 0.704. The predicted molar refractivity (Wildman–Crippen MR) is 185 cm³/mol. The highest BCUT2D eigenvalue weighted by molar-refractivity contribution is 5.85. The molecule has 0 saturated carbocycles. The van der Waals surface area contributed by atoms with Crippen molar-refractivity contribution < 1.29 is 0 Å². The normalized spacial score (nSPS) is 12.8. The van der Waals surface area contributed by atoms with E-state index in [2.05, 4.69) is 140 Å². The highest BCUT2D eigenvalue weighted by Gasteiger charge is 2.35. The zero-order chi connectivity index (χ0) is 30.4. The molecule has 5 aromatic carbocycles. The summed E-state index contributed by atoms with van der Waals surface area (Å²) in [4.78, 5) is 14.9. The minimum Gasteiger partial charge on any atom is -0.256 e. The molecule has 45 heavy (non-hydrogen) atoms. The van der Waals surface area contributed by atoms with Gasteiger partial charge in [0.25, 0.3) is 0 Å². The topological polar surface area (TPSA) is 38.7 Å². The van der Waals surface area contributed by atoms with Crippen LogP contribution in [0, 0.1) is 0 Å². The molecule has 3 heteroatoms. The second kappa shape index (κ2) is 10.8. The Morgan fingerprint density at radius 3 is 1.80 bits per heavy atom. The smallest absolute Gasteiger partial charge is 0.160 e. The van der Waals surface area contributed by atoms with Gasteiger partial charge in [-0.1, -0.05) is 129 Å². The SMILES string of the molecule is CC1(C)c2ccccc2-c2cc(-c3cc(-c4ccc(-c5ccccn5)cc4)nc(-c4cccc(-c5ccccc5)c4)n3)ccc21. The first-order valence-corrected chi connectivity index (χ1v) is 15.4. The maximum Gasteiger partial charge on any atom is 0.160 e. The molecular formula is C42H31N3. The second-order valence-electron chi connectivity index (χ2n) is 12.1. The monoisotopic (exact) mass is 577 g/mol. The third-order valence-corrected chi connectivity index (χ3v) is 8.97. The van der Waals surface area contributed by atoms with Gasteiger partial charge in [-0.05, 0) is 63.7 Å². The van der Waals surface area contributed by atoms with Crippen molar-refractivity contribution in [3.05, 3.63) is 163 Å². The van der Waals surface area contributed by atoms with E-state index in [1.165, 1.54) is 27.8 Å². The Balaban J connectivity index is 1.27. The van der Waals surface area contributed by atoms with Crippen molar-refractivity contribution in [2.45, 2.75) is 19.3 Å². The number of benzene rings is 5. The van der Waals surface area contributed by atoms with Crippen molar-refractivity contribution in [2.24, 2.45) is 0 Å². The Bertz CT molecular complexity index is 2170. The molecule has 2 aromatic heterocycles. The average molecular weight is 578 g/mol. The Morgan fingerprint density at radius 2 is 1.02 bits per heavy atom. The van der Waals surface area contributed by atoms with Crippen LogP contribution in [0.2, 0.25) is 0 Å². The van der Waals surface area contributed by atoms with Gasteiger partial charge in [-0.15, -0.1) is 0 Å². The molecule has 0 spiro atoms. The van der Waals surface area contributed by atoms with E-state index in [-0.39, 0.29) is 5.41 Å². The van der Waals surface area contributed by atoms with Gasteiger partial charge in [-0.25, -0.2) is 9.97 Å². The summed E-state index contributed by atoms with van der Waals surface area (Å²) in [5, 5.41) is 0. The van der Waals surface area contributed by atoms with E-state index in [4.69, 9.17) is 9.97 Å². The van der Waals surface area contributed by atoms with E-state index in [9.17, 15) is 0 Å². The molecule has 0 radical (unpaired) electrons. The van der Waals surface area contributed by atoms with Crippen molar-refractivity contribution in [3.8, 4) is 67.4 Å². The summed E-state index contributed by atoms with van der Waals surface area (Å²) in [6.45, 7) is 4.62. The quantitative estimate of drug-likeness (QED) is 0.204. The van der Waals surface area contributed by atoms with Gasteiger partial charge >= 0.3 is 0 Å². The Hall–Kier alpha value is -5.67. The molecule has 214 valence electrons. The van der Waals surface area contributed by atoms with E-state index in [1.54, 1.807) is 0 Å². The van der Waals surface area contributed by atoms with E-state index < -0.39 is 0 Å². The number of hydrogen-bond acceptors (Lipinski definition) is 3. The molecular weight excluding hydrogens is 546 g/mol. The van der Waals surface area contributed by atoms with Crippen LogP contribution in [-0.4, -0.2) is 15.0 Å². The van der Waals surface area contributed by atoms with Crippen LogP contribution < -0.4 is 0 Å². The number of rotatable bonds is 5. The first-order chi connectivity index (χ1) is 22.0. The van der Waals surface area contributed by atoms with E-state index in [0.717, 1.165) is 44.9 Å². The molecule has 1 aliphatic rings. The lowest BCUT2D eigenvalue weighted by molar-refractivity contribution is 0.660. The van der Waals surface area contributed by atoms with Crippen LogP contribution in [0.4, 0.5) is 0 Å². The zero-order valence-electron chi connectivity index (χ0n) is 25.3. The Labute approximate surface area is 264 Å². The standard InChI is InChI=1S/C42H31N3/c1-42(2)36-16-7-6-15-34(36)35-26-32(22-23-37(35)42)40-27-39(30-20-18-29(19-21-30)38-17-8-9-24-43-38)44-41(45-40)33-14-10-13-31(25-33)28-11-4-3-5-12-28/h3-27H,1-2H3. The van der Waals surface area contributed by atoms with Crippen LogP contribution in [0.5, 0.6) is 0 Å². The van der Waals surface area contributed by atoms with Gasteiger partial charge in [0, 0.05) is 33.9 Å². The maximum absolute atomic E-state index is 5.20. The molecule has 0 unspecified atom stereocenters. The van der Waals surface area contributed by atoms with E-state index in [0.29, 0.717) is 5.82 Å². The van der Waals surface area contributed by atoms with Gasteiger partial charge in [-0.2, -0.15) is 0 Å². The van der Waals surface area contributed by atoms with E-state index >= 15 is 0 Å². The van der Waals surface area contributed by atoms with Crippen LogP contribution in [0.1, 0.15) is 25.0 Å². The first kappa shape index (κ1) is 26.9. The number of nitrogens with zero attached hydrogens (tertiary/aromatic N) is 3. The molecule has 0 fully saturated rings. The van der Waals surface area contributed by atoms with Gasteiger partial charge in [0.05, 0.1) is 17.1 Å². The highest BCUT2D eigenvalue weighted by atomic mass is 14.9. The van der Waals surface area contributed by atoms with Gasteiger partial charge in [-0.3, -0.25) is 4.98 Å². The van der Waals surface area contributed by atoms with Gasteiger partial charge in [0.2, 0.25) is 0 Å². The molecule has 0 atom stereocenters. The van der Waals surface area contributed by atoms with Gasteiger partial charge in [0.1, 0.15) is 0 Å². The van der Waals surface area contributed by atoms with Crippen LogP contribution in [0.15, 0.2) is 152 Å². The van der Waals surface area contributed by atoms with Gasteiger partial charge < -0.3 is 0 Å². The molecule has 0 amide bonds. The minimum atomic E-state index is -0.0420.